The quantitative estimate of drug-likeness (QED) is 0.441. The fourth-order valence-corrected chi connectivity index (χ4v) is 7.49. The van der Waals surface area contributed by atoms with Gasteiger partial charge in [0.1, 0.15) is 15.9 Å². The van der Waals surface area contributed by atoms with E-state index in [0.29, 0.717) is 0 Å². The van der Waals surface area contributed by atoms with Crippen LogP contribution in [-0.4, -0.2) is 31.7 Å². The summed E-state index contributed by atoms with van der Waals surface area (Å²) in [7, 11) is 0. The molecule has 1 heterocycles. The summed E-state index contributed by atoms with van der Waals surface area (Å²) in [5.41, 5.74) is 0. The average Bonchev–Trinajstić information content (AvgIpc) is 2.98. The lowest BCUT2D eigenvalue weighted by molar-refractivity contribution is 0.204. The molecule has 2 saturated carbocycles. The first kappa shape index (κ1) is 13.4. The summed E-state index contributed by atoms with van der Waals surface area (Å²) in [6.07, 6.45) is -0.152. The second-order valence-corrected chi connectivity index (χ2v) is 8.97. The molecule has 0 radical (unpaired) electrons. The molecule has 1 aliphatic heterocycles. The van der Waals surface area contributed by atoms with Crippen LogP contribution in [-0.2, 0) is 4.74 Å². The van der Waals surface area contributed by atoms with Crippen molar-refractivity contribution in [1.29, 1.82) is 0 Å². The number of halogens is 7. The average molecular weight is 389 g/mol. The largest absolute Gasteiger partial charge is 0.368 e. The van der Waals surface area contributed by atoms with E-state index in [-0.39, 0.29) is 39.5 Å². The minimum Gasteiger partial charge on any atom is -0.368 e. The lowest BCUT2D eigenvalue weighted by Crippen LogP contribution is -2.46. The van der Waals surface area contributed by atoms with E-state index in [1.54, 1.807) is 0 Å². The van der Waals surface area contributed by atoms with Crippen LogP contribution in [0.2, 0.25) is 0 Å². The molecule has 5 unspecified atom stereocenters. The zero-order chi connectivity index (χ0) is 13.2. The smallest absolute Gasteiger partial charge is 0.166 e. The van der Waals surface area contributed by atoms with E-state index in [1.807, 2.05) is 0 Å². The molecule has 0 amide bonds. The molecule has 4 aliphatic rings. The Bertz CT molecular complexity index is 476. The first-order valence-electron chi connectivity index (χ1n) is 5.32. The molecule has 0 N–H and O–H groups in total. The third-order valence-electron chi connectivity index (χ3n) is 4.62. The fourth-order valence-electron chi connectivity index (χ4n) is 3.80. The Morgan fingerprint density at radius 1 is 0.833 bits per heavy atom. The van der Waals surface area contributed by atoms with Crippen molar-refractivity contribution < 1.29 is 4.74 Å². The van der Waals surface area contributed by atoms with Gasteiger partial charge in [0.25, 0.3) is 0 Å². The molecule has 2 bridgehead atoms. The molecule has 1 nitrogen and oxygen atoms in total. The van der Waals surface area contributed by atoms with Crippen LogP contribution in [0.4, 0.5) is 0 Å². The van der Waals surface area contributed by atoms with Gasteiger partial charge in [-0.05, 0) is 0 Å². The van der Waals surface area contributed by atoms with Crippen molar-refractivity contribution in [3.05, 3.63) is 10.1 Å². The molecule has 8 heteroatoms. The minimum atomic E-state index is -1.50. The van der Waals surface area contributed by atoms with Crippen molar-refractivity contribution in [3.8, 4) is 0 Å². The zero-order valence-electron chi connectivity index (χ0n) is 8.44. The minimum absolute atomic E-state index is 0.0608. The van der Waals surface area contributed by atoms with Crippen molar-refractivity contribution in [2.45, 2.75) is 31.7 Å². The highest BCUT2D eigenvalue weighted by molar-refractivity contribution is 6.66. The number of hydrogen-bond donors (Lipinski definition) is 0. The first-order chi connectivity index (χ1) is 8.20. The van der Waals surface area contributed by atoms with Crippen molar-refractivity contribution in [3.63, 3.8) is 0 Å². The zero-order valence-corrected chi connectivity index (χ0v) is 13.7. The summed E-state index contributed by atoms with van der Waals surface area (Å²) in [6.45, 7) is 0. The van der Waals surface area contributed by atoms with Gasteiger partial charge in [0, 0.05) is 11.8 Å². The van der Waals surface area contributed by atoms with Gasteiger partial charge in [0.05, 0.1) is 21.5 Å². The van der Waals surface area contributed by atoms with Crippen LogP contribution >= 0.6 is 81.2 Å². The normalized spacial score (nSPS) is 63.2. The maximum Gasteiger partial charge on any atom is 0.166 e. The molecule has 18 heavy (non-hydrogen) atoms. The van der Waals surface area contributed by atoms with Crippen LogP contribution in [0.5, 0.6) is 0 Å². The molecular weight excluding hydrogens is 384 g/mol. The van der Waals surface area contributed by atoms with Crippen LogP contribution in [0.3, 0.4) is 0 Å². The molecule has 3 fully saturated rings. The summed E-state index contributed by atoms with van der Waals surface area (Å²) in [5, 5.41) is 0.111. The van der Waals surface area contributed by atoms with E-state index >= 15 is 0 Å². The second kappa shape index (κ2) is 3.38. The molecule has 4 rings (SSSR count). The lowest BCUT2D eigenvalue weighted by atomic mass is 9.83. The number of alkyl halides is 5. The molecule has 3 aliphatic carbocycles. The molecule has 7 atom stereocenters. The molecule has 100 valence electrons. The predicted octanol–water partition coefficient (Wildman–Crippen LogP) is 4.45. The Hall–Kier alpha value is 1.73. The highest BCUT2D eigenvalue weighted by Crippen LogP contribution is 2.81. The van der Waals surface area contributed by atoms with Gasteiger partial charge in [0.2, 0.25) is 0 Å². The fraction of sp³-hybridized carbons (Fsp3) is 0.800. The van der Waals surface area contributed by atoms with E-state index in [1.165, 1.54) is 0 Å². The number of hydrogen-bond acceptors (Lipinski definition) is 1. The molecule has 0 aromatic heterocycles. The molecule has 0 aromatic rings. The van der Waals surface area contributed by atoms with Crippen LogP contribution in [0.15, 0.2) is 10.1 Å². The lowest BCUT2D eigenvalue weighted by Gasteiger charge is -2.35. The van der Waals surface area contributed by atoms with Gasteiger partial charge in [-0.3, -0.25) is 0 Å². The SMILES string of the molecule is ClC1=C(Cl)[C@]2(Cl)C3C(Cl)C4OC4C3[C@@]1(Cl)C2(Cl)Cl. The second-order valence-electron chi connectivity index (χ2n) is 5.19. The van der Waals surface area contributed by atoms with Gasteiger partial charge in [-0.25, -0.2) is 0 Å². The van der Waals surface area contributed by atoms with Gasteiger partial charge < -0.3 is 4.74 Å². The Morgan fingerprint density at radius 3 is 1.89 bits per heavy atom. The van der Waals surface area contributed by atoms with Gasteiger partial charge in [-0.15, -0.1) is 34.8 Å². The van der Waals surface area contributed by atoms with Gasteiger partial charge in [0.15, 0.2) is 4.33 Å². The molecule has 1 saturated heterocycles. The maximum absolute atomic E-state index is 6.65. The number of ether oxygens (including phenoxy) is 1. The van der Waals surface area contributed by atoms with E-state index in [9.17, 15) is 0 Å². The van der Waals surface area contributed by atoms with Crippen LogP contribution < -0.4 is 0 Å². The number of rotatable bonds is 0. The predicted molar refractivity (Wildman–Crippen MR) is 75.6 cm³/mol. The molecule has 0 aromatic carbocycles. The van der Waals surface area contributed by atoms with Crippen molar-refractivity contribution in [2.75, 3.05) is 0 Å². The summed E-state index contributed by atoms with van der Waals surface area (Å²) < 4.78 is 4.00. The number of allylic oxidation sites excluding steroid dienone is 2. The summed E-state index contributed by atoms with van der Waals surface area (Å²) in [5.74, 6) is -0.457. The summed E-state index contributed by atoms with van der Waals surface area (Å²) in [4.78, 5) is -2.48. The van der Waals surface area contributed by atoms with Crippen molar-refractivity contribution in [2.24, 2.45) is 11.8 Å². The van der Waals surface area contributed by atoms with Gasteiger partial charge in [-0.2, -0.15) is 0 Å². The third kappa shape index (κ3) is 1.02. The van der Waals surface area contributed by atoms with Crippen LogP contribution in [0.1, 0.15) is 0 Å². The van der Waals surface area contributed by atoms with E-state index in [2.05, 4.69) is 0 Å². The summed E-state index contributed by atoms with van der Waals surface area (Å²) >= 11 is 45.0. The Balaban J connectivity index is 2.01. The van der Waals surface area contributed by atoms with E-state index < -0.39 is 14.1 Å². The van der Waals surface area contributed by atoms with Crippen LogP contribution in [0, 0.1) is 11.8 Å². The Kier molecular flexibility index (Phi) is 2.52. The van der Waals surface area contributed by atoms with Crippen molar-refractivity contribution >= 4 is 81.2 Å². The number of fused-ring (bicyclic) bond motifs is 7. The highest BCUT2D eigenvalue weighted by Gasteiger charge is 2.89. The van der Waals surface area contributed by atoms with E-state index in [4.69, 9.17) is 85.9 Å². The molecule has 0 spiro atoms. The van der Waals surface area contributed by atoms with Crippen LogP contribution in [0.25, 0.3) is 0 Å². The standard InChI is InChI=1S/C10H5Cl7O/c11-3-1-2(4-5(3)18-4)9(15)7(13)6(12)8(1,14)10(9,16)17/h1-5H/t1?,2?,3?,4?,5?,8-,9+/m1/s1. The summed E-state index contributed by atoms with van der Waals surface area (Å²) in [6, 6.07) is 0. The topological polar surface area (TPSA) is 12.5 Å². The van der Waals surface area contributed by atoms with E-state index in [0.717, 1.165) is 0 Å². The van der Waals surface area contributed by atoms with Crippen molar-refractivity contribution in [1.82, 2.24) is 0 Å². The highest BCUT2D eigenvalue weighted by atomic mass is 35.5. The Morgan fingerprint density at radius 2 is 1.33 bits per heavy atom. The number of epoxide rings is 1. The van der Waals surface area contributed by atoms with Gasteiger partial charge in [-0.1, -0.05) is 46.4 Å². The van der Waals surface area contributed by atoms with Gasteiger partial charge >= 0.3 is 0 Å². The Labute approximate surface area is 139 Å². The maximum atomic E-state index is 6.65. The first-order valence-corrected chi connectivity index (χ1v) is 8.02. The monoisotopic (exact) mass is 386 g/mol. The third-order valence-corrected chi connectivity index (χ3v) is 9.44. The molecular formula is C10H5Cl7O.